The summed E-state index contributed by atoms with van der Waals surface area (Å²) in [5, 5.41) is 12.4. The van der Waals surface area contributed by atoms with Crippen molar-refractivity contribution in [2.75, 3.05) is 19.6 Å². The summed E-state index contributed by atoms with van der Waals surface area (Å²) in [5.74, 6) is 0. The summed E-state index contributed by atoms with van der Waals surface area (Å²) in [6, 6.07) is 6.63. The van der Waals surface area contributed by atoms with Crippen LogP contribution >= 0.6 is 0 Å². The Hall–Kier alpha value is -1.44. The molecule has 1 fully saturated rings. The van der Waals surface area contributed by atoms with E-state index in [0.29, 0.717) is 6.42 Å². The zero-order chi connectivity index (χ0) is 13.7. The minimum atomic E-state index is 0.229. The van der Waals surface area contributed by atoms with E-state index in [1.165, 1.54) is 5.56 Å². The van der Waals surface area contributed by atoms with E-state index in [-0.39, 0.29) is 11.5 Å². The van der Waals surface area contributed by atoms with Crippen molar-refractivity contribution in [1.29, 1.82) is 5.26 Å². The fourth-order valence-electron chi connectivity index (χ4n) is 2.64. The Balaban J connectivity index is 2.06. The molecule has 1 atom stereocenters. The van der Waals surface area contributed by atoms with Gasteiger partial charge in [-0.1, -0.05) is 19.9 Å². The van der Waals surface area contributed by atoms with Crippen LogP contribution in [-0.4, -0.2) is 35.6 Å². The molecule has 2 heterocycles. The van der Waals surface area contributed by atoms with Crippen molar-refractivity contribution in [3.05, 3.63) is 30.1 Å². The molecule has 4 nitrogen and oxygen atoms in total. The van der Waals surface area contributed by atoms with Crippen LogP contribution in [-0.2, 0) is 6.54 Å². The van der Waals surface area contributed by atoms with E-state index in [4.69, 9.17) is 5.26 Å². The number of pyridine rings is 1. The first-order valence-electron chi connectivity index (χ1n) is 6.81. The molecular weight excluding hydrogens is 236 g/mol. The highest BCUT2D eigenvalue weighted by atomic mass is 15.2. The number of hydrogen-bond acceptors (Lipinski definition) is 4. The summed E-state index contributed by atoms with van der Waals surface area (Å²) in [7, 11) is 0. The summed E-state index contributed by atoms with van der Waals surface area (Å²) in [6.07, 6.45) is 4.29. The number of nitriles is 1. The first-order valence-corrected chi connectivity index (χ1v) is 6.81. The Kier molecular flexibility index (Phi) is 4.52. The third-order valence-corrected chi connectivity index (χ3v) is 3.47. The van der Waals surface area contributed by atoms with Gasteiger partial charge in [0.25, 0.3) is 0 Å². The first-order chi connectivity index (χ1) is 9.09. The lowest BCUT2D eigenvalue weighted by Crippen LogP contribution is -2.37. The van der Waals surface area contributed by atoms with Crippen LogP contribution in [0.3, 0.4) is 0 Å². The average molecular weight is 258 g/mol. The van der Waals surface area contributed by atoms with Crippen LogP contribution in [0.2, 0.25) is 0 Å². The number of rotatable bonds is 3. The van der Waals surface area contributed by atoms with E-state index in [0.717, 1.165) is 26.2 Å². The van der Waals surface area contributed by atoms with Crippen molar-refractivity contribution < 1.29 is 0 Å². The molecule has 1 aliphatic heterocycles. The molecule has 0 bridgehead atoms. The van der Waals surface area contributed by atoms with Crippen LogP contribution in [0.4, 0.5) is 0 Å². The van der Waals surface area contributed by atoms with Gasteiger partial charge in [0.05, 0.1) is 12.5 Å². The summed E-state index contributed by atoms with van der Waals surface area (Å²) in [6.45, 7) is 8.36. The van der Waals surface area contributed by atoms with Gasteiger partial charge in [0.15, 0.2) is 0 Å². The predicted molar refractivity (Wildman–Crippen MR) is 75.3 cm³/mol. The second kappa shape index (κ2) is 6.14. The average Bonchev–Trinajstić information content (AvgIpc) is 2.50. The van der Waals surface area contributed by atoms with E-state index < -0.39 is 0 Å². The summed E-state index contributed by atoms with van der Waals surface area (Å²) in [5.41, 5.74) is 1.46. The Morgan fingerprint density at radius 3 is 3.11 bits per heavy atom. The maximum Gasteiger partial charge on any atom is 0.0638 e. The number of aromatic nitrogens is 1. The third-order valence-electron chi connectivity index (χ3n) is 3.47. The normalized spacial score (nSPS) is 23.5. The molecule has 0 radical (unpaired) electrons. The summed E-state index contributed by atoms with van der Waals surface area (Å²) >= 11 is 0. The van der Waals surface area contributed by atoms with E-state index in [1.807, 2.05) is 12.3 Å². The number of nitrogens with zero attached hydrogens (tertiary/aromatic N) is 3. The highest BCUT2D eigenvalue weighted by Crippen LogP contribution is 2.21. The van der Waals surface area contributed by atoms with Gasteiger partial charge in [-0.3, -0.25) is 9.88 Å². The maximum absolute atomic E-state index is 8.90. The molecule has 1 saturated heterocycles. The zero-order valence-electron chi connectivity index (χ0n) is 11.8. The van der Waals surface area contributed by atoms with Gasteiger partial charge in [-0.15, -0.1) is 0 Å². The minimum absolute atomic E-state index is 0.229. The standard InChI is InChI=1S/C15H22N4/c1-15(2)11-18-14(5-6-16)10-19(12-15)9-13-4-3-7-17-8-13/h3-4,7-8,14,18H,5,9-12H2,1-2H3. The smallest absolute Gasteiger partial charge is 0.0638 e. The molecule has 0 amide bonds. The molecule has 1 aliphatic rings. The minimum Gasteiger partial charge on any atom is -0.311 e. The zero-order valence-corrected chi connectivity index (χ0v) is 11.8. The van der Waals surface area contributed by atoms with Gasteiger partial charge < -0.3 is 5.32 Å². The lowest BCUT2D eigenvalue weighted by Gasteiger charge is -2.29. The van der Waals surface area contributed by atoms with Crippen LogP contribution in [0, 0.1) is 16.7 Å². The highest BCUT2D eigenvalue weighted by Gasteiger charge is 2.28. The van der Waals surface area contributed by atoms with E-state index in [9.17, 15) is 0 Å². The Morgan fingerprint density at radius 2 is 2.42 bits per heavy atom. The van der Waals surface area contributed by atoms with Crippen molar-refractivity contribution in [1.82, 2.24) is 15.2 Å². The first kappa shape index (κ1) is 14.0. The van der Waals surface area contributed by atoms with Crippen molar-refractivity contribution in [2.24, 2.45) is 5.41 Å². The van der Waals surface area contributed by atoms with Gasteiger partial charge >= 0.3 is 0 Å². The molecule has 4 heteroatoms. The number of hydrogen-bond donors (Lipinski definition) is 1. The fourth-order valence-corrected chi connectivity index (χ4v) is 2.64. The Bertz CT molecular complexity index is 435. The maximum atomic E-state index is 8.90. The fraction of sp³-hybridized carbons (Fsp3) is 0.600. The largest absolute Gasteiger partial charge is 0.311 e. The van der Waals surface area contributed by atoms with Gasteiger partial charge in [-0.05, 0) is 17.0 Å². The molecule has 1 unspecified atom stereocenters. The molecule has 19 heavy (non-hydrogen) atoms. The highest BCUT2D eigenvalue weighted by molar-refractivity contribution is 5.08. The van der Waals surface area contributed by atoms with Crippen LogP contribution in [0.15, 0.2) is 24.5 Å². The lowest BCUT2D eigenvalue weighted by atomic mass is 9.93. The third kappa shape index (κ3) is 4.30. The quantitative estimate of drug-likeness (QED) is 0.898. The van der Waals surface area contributed by atoms with Crippen LogP contribution in [0.5, 0.6) is 0 Å². The second-order valence-corrected chi connectivity index (χ2v) is 6.14. The van der Waals surface area contributed by atoms with Crippen molar-refractivity contribution in [3.63, 3.8) is 0 Å². The van der Waals surface area contributed by atoms with E-state index in [2.05, 4.69) is 41.2 Å². The van der Waals surface area contributed by atoms with Crippen LogP contribution < -0.4 is 5.32 Å². The van der Waals surface area contributed by atoms with Crippen molar-refractivity contribution in [2.45, 2.75) is 32.9 Å². The summed E-state index contributed by atoms with van der Waals surface area (Å²) in [4.78, 5) is 6.60. The van der Waals surface area contributed by atoms with Crippen molar-refractivity contribution >= 4 is 0 Å². The van der Waals surface area contributed by atoms with Gasteiger partial charge in [-0.2, -0.15) is 5.26 Å². The molecule has 0 aliphatic carbocycles. The molecule has 1 aromatic heterocycles. The summed E-state index contributed by atoms with van der Waals surface area (Å²) < 4.78 is 0. The van der Waals surface area contributed by atoms with Crippen LogP contribution in [0.25, 0.3) is 0 Å². The molecule has 1 aromatic rings. The second-order valence-electron chi connectivity index (χ2n) is 6.14. The molecule has 0 saturated carbocycles. The van der Waals surface area contributed by atoms with E-state index in [1.54, 1.807) is 6.20 Å². The molecular formula is C15H22N4. The predicted octanol–water partition coefficient (Wildman–Crippen LogP) is 1.80. The van der Waals surface area contributed by atoms with Gasteiger partial charge in [0.2, 0.25) is 0 Å². The van der Waals surface area contributed by atoms with Crippen LogP contribution in [0.1, 0.15) is 25.8 Å². The lowest BCUT2D eigenvalue weighted by molar-refractivity contribution is 0.194. The topological polar surface area (TPSA) is 52.0 Å². The van der Waals surface area contributed by atoms with E-state index >= 15 is 0 Å². The van der Waals surface area contributed by atoms with Gasteiger partial charge in [0.1, 0.15) is 0 Å². The van der Waals surface area contributed by atoms with Crippen molar-refractivity contribution in [3.8, 4) is 6.07 Å². The SMILES string of the molecule is CC1(C)CNC(CC#N)CN(Cc2cccnc2)C1. The Morgan fingerprint density at radius 1 is 1.58 bits per heavy atom. The molecule has 2 rings (SSSR count). The molecule has 0 spiro atoms. The molecule has 102 valence electrons. The molecule has 0 aromatic carbocycles. The van der Waals surface area contributed by atoms with Gasteiger partial charge in [0, 0.05) is 44.6 Å². The monoisotopic (exact) mass is 258 g/mol. The Labute approximate surface area is 115 Å². The van der Waals surface area contributed by atoms with Gasteiger partial charge in [-0.25, -0.2) is 0 Å². The molecule has 1 N–H and O–H groups in total. The number of nitrogens with one attached hydrogen (secondary N) is 1.